The number of amides is 2. The molecular formula is C21H28N2O3. The molecule has 26 heavy (non-hydrogen) atoms. The van der Waals surface area contributed by atoms with Crippen LogP contribution in [0.25, 0.3) is 0 Å². The van der Waals surface area contributed by atoms with E-state index in [9.17, 15) is 9.90 Å². The summed E-state index contributed by atoms with van der Waals surface area (Å²) in [5.74, 6) is 0.269. The largest absolute Gasteiger partial charge is 0.508 e. The number of urea groups is 1. The zero-order valence-electron chi connectivity index (χ0n) is 15.5. The predicted octanol–water partition coefficient (Wildman–Crippen LogP) is 3.75. The van der Waals surface area contributed by atoms with Crippen LogP contribution in [0.15, 0.2) is 48.5 Å². The van der Waals surface area contributed by atoms with Gasteiger partial charge in [0.05, 0.1) is 6.61 Å². The van der Waals surface area contributed by atoms with Crippen molar-refractivity contribution in [2.75, 3.05) is 6.61 Å². The van der Waals surface area contributed by atoms with Gasteiger partial charge in [-0.05, 0) is 55.5 Å². The van der Waals surface area contributed by atoms with Crippen LogP contribution in [0.3, 0.4) is 0 Å². The quantitative estimate of drug-likeness (QED) is 0.641. The molecule has 0 aliphatic heterocycles. The van der Waals surface area contributed by atoms with Crippen LogP contribution >= 0.6 is 0 Å². The molecule has 0 heterocycles. The number of carbonyl (C=O) groups is 1. The van der Waals surface area contributed by atoms with Gasteiger partial charge in [0.2, 0.25) is 0 Å². The number of aryl methyl sites for hydroxylation is 1. The third kappa shape index (κ3) is 7.15. The zero-order valence-corrected chi connectivity index (χ0v) is 15.5. The summed E-state index contributed by atoms with van der Waals surface area (Å²) in [6.07, 6.45) is 1.69. The summed E-state index contributed by atoms with van der Waals surface area (Å²) in [6, 6.07) is 15.1. The van der Waals surface area contributed by atoms with Crippen LogP contribution in [-0.2, 0) is 24.3 Å². The van der Waals surface area contributed by atoms with Gasteiger partial charge in [0.25, 0.3) is 0 Å². The van der Waals surface area contributed by atoms with Crippen LogP contribution in [0, 0.1) is 0 Å². The van der Waals surface area contributed by atoms with E-state index < -0.39 is 0 Å². The number of phenols is 1. The molecule has 1 atom stereocenters. The third-order valence-electron chi connectivity index (χ3n) is 4.13. The highest BCUT2D eigenvalue weighted by Gasteiger charge is 2.07. The molecule has 0 saturated carbocycles. The number of aromatic hydroxyl groups is 1. The number of nitrogens with one attached hydrogen (secondary N) is 2. The molecular weight excluding hydrogens is 328 g/mol. The van der Waals surface area contributed by atoms with Crippen molar-refractivity contribution in [3.8, 4) is 5.75 Å². The van der Waals surface area contributed by atoms with Crippen molar-refractivity contribution in [3.05, 3.63) is 65.2 Å². The van der Waals surface area contributed by atoms with Crippen molar-refractivity contribution >= 4 is 6.03 Å². The first-order valence-electron chi connectivity index (χ1n) is 9.04. The summed E-state index contributed by atoms with van der Waals surface area (Å²) in [6.45, 7) is 5.77. The third-order valence-corrected chi connectivity index (χ3v) is 4.13. The van der Waals surface area contributed by atoms with E-state index in [0.717, 1.165) is 29.5 Å². The summed E-state index contributed by atoms with van der Waals surface area (Å²) >= 11 is 0. The van der Waals surface area contributed by atoms with Crippen LogP contribution in [0.4, 0.5) is 4.79 Å². The molecule has 0 spiro atoms. The van der Waals surface area contributed by atoms with Crippen LogP contribution < -0.4 is 10.6 Å². The second kappa shape index (κ2) is 10.5. The van der Waals surface area contributed by atoms with Gasteiger partial charge in [0.1, 0.15) is 5.75 Å². The van der Waals surface area contributed by atoms with Crippen molar-refractivity contribution in [1.29, 1.82) is 0 Å². The number of hydrogen-bond donors (Lipinski definition) is 3. The van der Waals surface area contributed by atoms with Gasteiger partial charge in [-0.2, -0.15) is 0 Å². The predicted molar refractivity (Wildman–Crippen MR) is 103 cm³/mol. The highest BCUT2D eigenvalue weighted by Crippen LogP contribution is 2.12. The molecule has 0 aliphatic rings. The van der Waals surface area contributed by atoms with E-state index in [1.807, 2.05) is 50.2 Å². The Morgan fingerprint density at radius 2 is 1.65 bits per heavy atom. The van der Waals surface area contributed by atoms with Gasteiger partial charge >= 0.3 is 6.03 Å². The summed E-state index contributed by atoms with van der Waals surface area (Å²) < 4.78 is 5.37. The SMILES string of the molecule is CCOCc1ccc(CNC(=O)NC(C)CCc2ccc(O)cc2)cc1. The Balaban J connectivity index is 1.68. The molecule has 5 heteroatoms. The summed E-state index contributed by atoms with van der Waals surface area (Å²) in [5.41, 5.74) is 3.32. The minimum atomic E-state index is -0.165. The van der Waals surface area contributed by atoms with Gasteiger partial charge in [-0.1, -0.05) is 36.4 Å². The molecule has 0 radical (unpaired) electrons. The van der Waals surface area contributed by atoms with Crippen LogP contribution in [0.5, 0.6) is 5.75 Å². The Kier molecular flexibility index (Phi) is 7.96. The Morgan fingerprint density at radius 1 is 1.04 bits per heavy atom. The molecule has 2 amide bonds. The van der Waals surface area contributed by atoms with Crippen molar-refractivity contribution in [2.24, 2.45) is 0 Å². The molecule has 0 aliphatic carbocycles. The fourth-order valence-electron chi connectivity index (χ4n) is 2.55. The first kappa shape index (κ1) is 19.8. The highest BCUT2D eigenvalue weighted by atomic mass is 16.5. The van der Waals surface area contributed by atoms with E-state index >= 15 is 0 Å². The zero-order chi connectivity index (χ0) is 18.8. The maximum Gasteiger partial charge on any atom is 0.315 e. The normalized spacial score (nSPS) is 11.8. The number of benzene rings is 2. The average molecular weight is 356 g/mol. The lowest BCUT2D eigenvalue weighted by Gasteiger charge is -2.15. The van der Waals surface area contributed by atoms with Crippen molar-refractivity contribution in [2.45, 2.75) is 45.9 Å². The number of phenolic OH excluding ortho intramolecular Hbond substituents is 1. The Hall–Kier alpha value is -2.53. The fraction of sp³-hybridized carbons (Fsp3) is 0.381. The molecule has 0 bridgehead atoms. The van der Waals surface area contributed by atoms with Gasteiger partial charge in [0.15, 0.2) is 0 Å². The number of ether oxygens (including phenoxy) is 1. The Bertz CT molecular complexity index is 669. The van der Waals surface area contributed by atoms with E-state index in [4.69, 9.17) is 4.74 Å². The monoisotopic (exact) mass is 356 g/mol. The van der Waals surface area contributed by atoms with Crippen molar-refractivity contribution in [1.82, 2.24) is 10.6 Å². The summed E-state index contributed by atoms with van der Waals surface area (Å²) in [5, 5.41) is 15.1. The second-order valence-electron chi connectivity index (χ2n) is 6.39. The Labute approximate surface area is 155 Å². The highest BCUT2D eigenvalue weighted by molar-refractivity contribution is 5.74. The maximum atomic E-state index is 12.0. The molecule has 1 unspecified atom stereocenters. The van der Waals surface area contributed by atoms with E-state index in [0.29, 0.717) is 19.8 Å². The number of carbonyl (C=O) groups excluding carboxylic acids is 1. The molecule has 2 aromatic carbocycles. The molecule has 3 N–H and O–H groups in total. The van der Waals surface area contributed by atoms with Gasteiger partial charge < -0.3 is 20.5 Å². The summed E-state index contributed by atoms with van der Waals surface area (Å²) in [7, 11) is 0. The molecule has 0 aromatic heterocycles. The minimum Gasteiger partial charge on any atom is -0.508 e. The Morgan fingerprint density at radius 3 is 2.31 bits per heavy atom. The van der Waals surface area contributed by atoms with Crippen molar-refractivity contribution in [3.63, 3.8) is 0 Å². The standard InChI is InChI=1S/C21H28N2O3/c1-3-26-15-19-8-6-18(7-9-19)14-22-21(25)23-16(2)4-5-17-10-12-20(24)13-11-17/h6-13,16,24H,3-5,14-15H2,1-2H3,(H2,22,23,25). The second-order valence-corrected chi connectivity index (χ2v) is 6.39. The maximum absolute atomic E-state index is 12.0. The van der Waals surface area contributed by atoms with E-state index in [-0.39, 0.29) is 17.8 Å². The van der Waals surface area contributed by atoms with Crippen LogP contribution in [0.1, 0.15) is 37.0 Å². The fourth-order valence-corrected chi connectivity index (χ4v) is 2.55. The van der Waals surface area contributed by atoms with Crippen molar-refractivity contribution < 1.29 is 14.6 Å². The number of hydrogen-bond acceptors (Lipinski definition) is 3. The first-order chi connectivity index (χ1) is 12.6. The topological polar surface area (TPSA) is 70.6 Å². The molecule has 2 rings (SSSR count). The van der Waals surface area contributed by atoms with E-state index in [1.165, 1.54) is 0 Å². The molecule has 5 nitrogen and oxygen atoms in total. The molecule has 0 fully saturated rings. The lowest BCUT2D eigenvalue weighted by molar-refractivity contribution is 0.134. The first-order valence-corrected chi connectivity index (χ1v) is 9.04. The molecule has 140 valence electrons. The lowest BCUT2D eigenvalue weighted by Crippen LogP contribution is -2.40. The van der Waals surface area contributed by atoms with E-state index in [1.54, 1.807) is 12.1 Å². The average Bonchev–Trinajstić information content (AvgIpc) is 2.65. The van der Waals surface area contributed by atoms with Gasteiger partial charge in [-0.3, -0.25) is 0 Å². The van der Waals surface area contributed by atoms with Gasteiger partial charge in [0, 0.05) is 19.2 Å². The summed E-state index contributed by atoms with van der Waals surface area (Å²) in [4.78, 5) is 12.0. The smallest absolute Gasteiger partial charge is 0.315 e. The lowest BCUT2D eigenvalue weighted by atomic mass is 10.1. The van der Waals surface area contributed by atoms with Crippen LogP contribution in [-0.4, -0.2) is 23.8 Å². The minimum absolute atomic E-state index is 0.0670. The molecule has 0 saturated heterocycles. The molecule has 2 aromatic rings. The van der Waals surface area contributed by atoms with E-state index in [2.05, 4.69) is 10.6 Å². The van der Waals surface area contributed by atoms with Gasteiger partial charge in [-0.15, -0.1) is 0 Å². The number of rotatable bonds is 9. The van der Waals surface area contributed by atoms with Crippen LogP contribution in [0.2, 0.25) is 0 Å². The van der Waals surface area contributed by atoms with Gasteiger partial charge in [-0.25, -0.2) is 4.79 Å².